The van der Waals surface area contributed by atoms with E-state index in [1.54, 1.807) is 13.4 Å². The van der Waals surface area contributed by atoms with Crippen LogP contribution in [0.3, 0.4) is 0 Å². The highest BCUT2D eigenvalue weighted by atomic mass is 16.6. The minimum absolute atomic E-state index is 0.247. The summed E-state index contributed by atoms with van der Waals surface area (Å²) in [5, 5.41) is 7.37. The van der Waals surface area contributed by atoms with E-state index in [-0.39, 0.29) is 6.04 Å². The van der Waals surface area contributed by atoms with Crippen LogP contribution in [0.1, 0.15) is 24.7 Å². The number of imidazole rings is 1. The van der Waals surface area contributed by atoms with Crippen molar-refractivity contribution in [1.82, 2.24) is 19.9 Å². The molecule has 1 atom stereocenters. The summed E-state index contributed by atoms with van der Waals surface area (Å²) in [6.45, 7) is 4.61. The Morgan fingerprint density at radius 3 is 3.00 bits per heavy atom. The van der Waals surface area contributed by atoms with Crippen LogP contribution in [0.2, 0.25) is 0 Å². The molecule has 3 heterocycles. The number of hydrogen-bond acceptors (Lipinski definition) is 6. The lowest BCUT2D eigenvalue weighted by Crippen LogP contribution is -2.41. The Balaban J connectivity index is 1.93. The molecule has 2 aromatic heterocycles. The van der Waals surface area contributed by atoms with Crippen LogP contribution in [0.25, 0.3) is 5.69 Å². The van der Waals surface area contributed by atoms with Crippen molar-refractivity contribution in [2.24, 2.45) is 5.16 Å². The fraction of sp³-hybridized carbons (Fsp3) is 0.400. The molecule has 0 saturated heterocycles. The second kappa shape index (κ2) is 6.05. The third-order valence-electron chi connectivity index (χ3n) is 3.53. The van der Waals surface area contributed by atoms with Crippen LogP contribution < -0.4 is 10.1 Å². The van der Waals surface area contributed by atoms with Gasteiger partial charge in [0.05, 0.1) is 25.2 Å². The molecule has 0 radical (unpaired) electrons. The van der Waals surface area contributed by atoms with Crippen LogP contribution in [-0.4, -0.2) is 40.1 Å². The Morgan fingerprint density at radius 2 is 2.32 bits per heavy atom. The minimum atomic E-state index is 0.247. The Morgan fingerprint density at radius 1 is 1.45 bits per heavy atom. The third-order valence-corrected chi connectivity index (χ3v) is 3.53. The van der Waals surface area contributed by atoms with Crippen LogP contribution in [0.15, 0.2) is 29.8 Å². The van der Waals surface area contributed by atoms with Gasteiger partial charge in [-0.1, -0.05) is 12.1 Å². The van der Waals surface area contributed by atoms with E-state index in [2.05, 4.69) is 27.4 Å². The van der Waals surface area contributed by atoms with Gasteiger partial charge < -0.3 is 19.5 Å². The van der Waals surface area contributed by atoms with Gasteiger partial charge in [-0.05, 0) is 25.5 Å². The van der Waals surface area contributed by atoms with Gasteiger partial charge in [-0.15, -0.1) is 0 Å². The maximum Gasteiger partial charge on any atom is 0.238 e. The number of amidine groups is 1. The second-order valence-electron chi connectivity index (χ2n) is 5.13. The third kappa shape index (κ3) is 2.74. The van der Waals surface area contributed by atoms with Gasteiger partial charge in [0.1, 0.15) is 18.0 Å². The summed E-state index contributed by atoms with van der Waals surface area (Å²) in [4.78, 5) is 14.0. The van der Waals surface area contributed by atoms with Crippen LogP contribution in [-0.2, 0) is 4.84 Å². The Kier molecular flexibility index (Phi) is 3.95. The average molecular weight is 301 g/mol. The fourth-order valence-electron chi connectivity index (χ4n) is 2.26. The lowest BCUT2D eigenvalue weighted by Gasteiger charge is -2.22. The predicted molar refractivity (Wildman–Crippen MR) is 82.4 cm³/mol. The number of oxime groups is 1. The first-order chi connectivity index (χ1) is 10.7. The lowest BCUT2D eigenvalue weighted by molar-refractivity contribution is 0.108. The number of hydrogen-bond donors (Lipinski definition) is 1. The smallest absolute Gasteiger partial charge is 0.238 e. The molecule has 22 heavy (non-hydrogen) atoms. The van der Waals surface area contributed by atoms with Gasteiger partial charge in [-0.25, -0.2) is 9.97 Å². The summed E-state index contributed by atoms with van der Waals surface area (Å²) >= 11 is 0. The van der Waals surface area contributed by atoms with E-state index in [0.29, 0.717) is 24.0 Å². The highest BCUT2D eigenvalue weighted by Gasteiger charge is 2.19. The summed E-state index contributed by atoms with van der Waals surface area (Å²) < 4.78 is 7.29. The van der Waals surface area contributed by atoms with E-state index in [0.717, 1.165) is 17.8 Å². The first kappa shape index (κ1) is 14.4. The van der Waals surface area contributed by atoms with Crippen molar-refractivity contribution in [3.05, 3.63) is 36.0 Å². The molecule has 0 spiro atoms. The molecule has 1 unspecified atom stereocenters. The Hall–Kier alpha value is -2.57. The molecule has 0 aromatic carbocycles. The Labute approximate surface area is 129 Å². The molecule has 0 saturated carbocycles. The predicted octanol–water partition coefficient (Wildman–Crippen LogP) is 1.64. The number of nitrogens with one attached hydrogen (secondary N) is 1. The molecule has 2 aromatic rings. The molecule has 0 fully saturated rings. The van der Waals surface area contributed by atoms with Crippen LogP contribution in [0, 0.1) is 6.92 Å². The number of aromatic nitrogens is 3. The second-order valence-corrected chi connectivity index (χ2v) is 5.13. The molecule has 0 amide bonds. The maximum atomic E-state index is 5.41. The summed E-state index contributed by atoms with van der Waals surface area (Å²) in [6.07, 6.45) is 4.62. The molecule has 1 aliphatic rings. The molecule has 7 heteroatoms. The van der Waals surface area contributed by atoms with Crippen molar-refractivity contribution in [1.29, 1.82) is 0 Å². The zero-order valence-corrected chi connectivity index (χ0v) is 12.9. The fourth-order valence-corrected chi connectivity index (χ4v) is 2.26. The Bertz CT molecular complexity index is 695. The molecule has 1 aliphatic heterocycles. The van der Waals surface area contributed by atoms with Crippen LogP contribution >= 0.6 is 0 Å². The summed E-state index contributed by atoms with van der Waals surface area (Å²) in [7, 11) is 1.60. The number of rotatable bonds is 4. The topological polar surface area (TPSA) is 73.6 Å². The van der Waals surface area contributed by atoms with Gasteiger partial charge in [-0.3, -0.25) is 0 Å². The minimum Gasteiger partial charge on any atom is -0.479 e. The van der Waals surface area contributed by atoms with Crippen molar-refractivity contribution < 1.29 is 9.57 Å². The van der Waals surface area contributed by atoms with E-state index in [4.69, 9.17) is 9.57 Å². The van der Waals surface area contributed by atoms with Crippen LogP contribution in [0.4, 0.5) is 0 Å². The number of aryl methyl sites for hydroxylation is 1. The van der Waals surface area contributed by atoms with E-state index in [9.17, 15) is 0 Å². The van der Waals surface area contributed by atoms with Crippen molar-refractivity contribution in [3.8, 4) is 11.6 Å². The van der Waals surface area contributed by atoms with Gasteiger partial charge in [-0.2, -0.15) is 0 Å². The summed E-state index contributed by atoms with van der Waals surface area (Å²) in [6, 6.07) is 4.07. The van der Waals surface area contributed by atoms with Gasteiger partial charge in [0.25, 0.3) is 0 Å². The first-order valence-electron chi connectivity index (χ1n) is 7.24. The number of nitrogens with zero attached hydrogens (tertiary/aromatic N) is 4. The first-order valence-corrected chi connectivity index (χ1v) is 7.24. The number of methoxy groups -OCH3 is 1. The maximum absolute atomic E-state index is 5.41. The van der Waals surface area contributed by atoms with E-state index in [1.165, 1.54) is 0 Å². The van der Waals surface area contributed by atoms with E-state index < -0.39 is 0 Å². The SMILES string of the molecule is CCC1CON=C(c2ccc(-n3cnc(C)c3)c(OC)n2)N1. The largest absolute Gasteiger partial charge is 0.479 e. The van der Waals surface area contributed by atoms with E-state index >= 15 is 0 Å². The zero-order chi connectivity index (χ0) is 15.5. The molecule has 7 nitrogen and oxygen atoms in total. The van der Waals surface area contributed by atoms with Crippen LogP contribution in [0.5, 0.6) is 5.88 Å². The zero-order valence-electron chi connectivity index (χ0n) is 12.9. The lowest BCUT2D eigenvalue weighted by atomic mass is 10.2. The van der Waals surface area contributed by atoms with Crippen molar-refractivity contribution >= 4 is 5.84 Å². The summed E-state index contributed by atoms with van der Waals surface area (Å²) in [5.41, 5.74) is 2.45. The molecule has 0 aliphatic carbocycles. The normalized spacial score (nSPS) is 17.4. The molecule has 116 valence electrons. The monoisotopic (exact) mass is 301 g/mol. The number of ether oxygens (including phenoxy) is 1. The average Bonchev–Trinajstić information content (AvgIpc) is 3.00. The number of pyridine rings is 1. The molecule has 3 rings (SSSR count). The van der Waals surface area contributed by atoms with Crippen molar-refractivity contribution in [2.45, 2.75) is 26.3 Å². The highest BCUT2D eigenvalue weighted by Crippen LogP contribution is 2.21. The van der Waals surface area contributed by atoms with Crippen molar-refractivity contribution in [2.75, 3.05) is 13.7 Å². The quantitative estimate of drug-likeness (QED) is 0.929. The molecular formula is C15H19N5O2. The van der Waals surface area contributed by atoms with E-state index in [1.807, 2.05) is 29.8 Å². The molecule has 0 bridgehead atoms. The van der Waals surface area contributed by atoms with Gasteiger partial charge in [0.15, 0.2) is 5.84 Å². The van der Waals surface area contributed by atoms with Gasteiger partial charge in [0.2, 0.25) is 5.88 Å². The standard InChI is InChI=1S/C15H19N5O2/c1-4-11-8-22-19-14(17-11)12-5-6-13(15(18-12)21-3)20-7-10(2)16-9-20/h5-7,9,11H,4,8H2,1-3H3,(H,17,19). The highest BCUT2D eigenvalue weighted by molar-refractivity contribution is 5.97. The van der Waals surface area contributed by atoms with Gasteiger partial charge >= 0.3 is 0 Å². The molecule has 1 N–H and O–H groups in total. The van der Waals surface area contributed by atoms with Crippen molar-refractivity contribution in [3.63, 3.8) is 0 Å². The molecular weight excluding hydrogens is 282 g/mol. The van der Waals surface area contributed by atoms with Gasteiger partial charge in [0, 0.05) is 6.20 Å². The summed E-state index contributed by atoms with van der Waals surface area (Å²) in [5.74, 6) is 1.14.